The molecule has 0 unspecified atom stereocenters. The van der Waals surface area contributed by atoms with E-state index in [9.17, 15) is 4.79 Å². The second-order valence-corrected chi connectivity index (χ2v) is 6.06. The minimum atomic E-state index is -0.102. The first-order valence-electron chi connectivity index (χ1n) is 6.17. The molecule has 0 amide bonds. The van der Waals surface area contributed by atoms with E-state index in [1.807, 2.05) is 12.1 Å². The minimum absolute atomic E-state index is 0.102. The zero-order valence-electron chi connectivity index (χ0n) is 11.4. The summed E-state index contributed by atoms with van der Waals surface area (Å²) in [6, 6.07) is 5.71. The van der Waals surface area contributed by atoms with Gasteiger partial charge in [0.25, 0.3) is 11.6 Å². The number of aromatic nitrogens is 2. The van der Waals surface area contributed by atoms with Gasteiger partial charge in [0.15, 0.2) is 0 Å². The molecular weight excluding hydrogens is 298 g/mol. The second kappa shape index (κ2) is 6.88. The van der Waals surface area contributed by atoms with Crippen molar-refractivity contribution in [3.05, 3.63) is 43.5 Å². The average molecular weight is 314 g/mol. The van der Waals surface area contributed by atoms with E-state index < -0.39 is 0 Å². The molecule has 0 aliphatic rings. The lowest BCUT2D eigenvalue weighted by atomic mass is 10.4. The Labute approximate surface area is 126 Å². The molecule has 5 nitrogen and oxygen atoms in total. The Morgan fingerprint density at radius 2 is 2.30 bits per heavy atom. The molecule has 108 valence electrons. The summed E-state index contributed by atoms with van der Waals surface area (Å²) in [5, 5.41) is 3.27. The molecule has 2 aromatic rings. The zero-order chi connectivity index (χ0) is 14.5. The van der Waals surface area contributed by atoms with E-state index in [2.05, 4.69) is 10.3 Å². The number of thiophene rings is 1. The Morgan fingerprint density at radius 3 is 2.95 bits per heavy atom. The van der Waals surface area contributed by atoms with Crippen LogP contribution in [0.4, 0.5) is 0 Å². The molecule has 0 aliphatic carbocycles. The summed E-state index contributed by atoms with van der Waals surface area (Å²) >= 11 is 7.41. The number of hydrogen-bond donors (Lipinski definition) is 1. The van der Waals surface area contributed by atoms with E-state index >= 15 is 0 Å². The molecular formula is C13H16ClN3O2S. The van der Waals surface area contributed by atoms with E-state index in [1.54, 1.807) is 18.3 Å². The summed E-state index contributed by atoms with van der Waals surface area (Å²) in [4.78, 5) is 17.2. The molecule has 0 saturated carbocycles. The van der Waals surface area contributed by atoms with Crippen molar-refractivity contribution in [1.82, 2.24) is 14.9 Å². The number of nitrogens with one attached hydrogen (secondary N) is 1. The van der Waals surface area contributed by atoms with Gasteiger partial charge in [-0.3, -0.25) is 9.36 Å². The van der Waals surface area contributed by atoms with E-state index in [0.717, 1.165) is 15.8 Å². The van der Waals surface area contributed by atoms with Gasteiger partial charge in [0.1, 0.15) is 0 Å². The number of rotatable bonds is 6. The molecule has 2 aromatic heterocycles. The lowest BCUT2D eigenvalue weighted by Crippen LogP contribution is -2.28. The normalized spacial score (nSPS) is 10.8. The Kier molecular flexibility index (Phi) is 5.17. The van der Waals surface area contributed by atoms with Crippen molar-refractivity contribution in [2.45, 2.75) is 20.0 Å². The Hall–Kier alpha value is -1.37. The van der Waals surface area contributed by atoms with Crippen molar-refractivity contribution in [1.29, 1.82) is 0 Å². The predicted molar refractivity (Wildman–Crippen MR) is 80.8 cm³/mol. The largest absolute Gasteiger partial charge is 0.468 e. The molecule has 1 N–H and O–H groups in total. The molecule has 0 saturated heterocycles. The molecule has 0 aliphatic heterocycles. The fraction of sp³-hybridized carbons (Fsp3) is 0.385. The molecule has 2 heterocycles. The van der Waals surface area contributed by atoms with Gasteiger partial charge in [-0.2, -0.15) is 0 Å². The van der Waals surface area contributed by atoms with Gasteiger partial charge < -0.3 is 10.1 Å². The molecule has 0 atom stereocenters. The summed E-state index contributed by atoms with van der Waals surface area (Å²) in [6.45, 7) is 3.66. The van der Waals surface area contributed by atoms with E-state index in [-0.39, 0.29) is 5.56 Å². The standard InChI is InChI=1S/C13H16ClN3O2S/c1-9-7-12(18)17(13(16-9)19-2)6-5-15-8-10-3-4-11(14)20-10/h3-4,7,15H,5-6,8H2,1-2H3. The van der Waals surface area contributed by atoms with Gasteiger partial charge in [0, 0.05) is 36.3 Å². The van der Waals surface area contributed by atoms with Crippen molar-refractivity contribution >= 4 is 22.9 Å². The van der Waals surface area contributed by atoms with Crippen LogP contribution in [0.3, 0.4) is 0 Å². The van der Waals surface area contributed by atoms with E-state index in [4.69, 9.17) is 16.3 Å². The first-order chi connectivity index (χ1) is 9.60. The lowest BCUT2D eigenvalue weighted by molar-refractivity contribution is 0.342. The molecule has 2 rings (SSSR count). The highest BCUT2D eigenvalue weighted by Crippen LogP contribution is 2.20. The summed E-state index contributed by atoms with van der Waals surface area (Å²) < 4.78 is 7.43. The molecule has 0 fully saturated rings. The van der Waals surface area contributed by atoms with Crippen LogP contribution in [0.2, 0.25) is 4.34 Å². The first kappa shape index (κ1) is 15.0. The van der Waals surface area contributed by atoms with Crippen molar-refractivity contribution < 1.29 is 4.74 Å². The summed E-state index contributed by atoms with van der Waals surface area (Å²) in [7, 11) is 1.51. The van der Waals surface area contributed by atoms with Crippen molar-refractivity contribution in [3.8, 4) is 6.01 Å². The van der Waals surface area contributed by atoms with Gasteiger partial charge in [-0.25, -0.2) is 4.98 Å². The number of ether oxygens (including phenoxy) is 1. The quantitative estimate of drug-likeness (QED) is 0.830. The minimum Gasteiger partial charge on any atom is -0.468 e. The van der Waals surface area contributed by atoms with Crippen LogP contribution in [0.5, 0.6) is 6.01 Å². The van der Waals surface area contributed by atoms with E-state index in [1.165, 1.54) is 17.7 Å². The van der Waals surface area contributed by atoms with Crippen molar-refractivity contribution in [2.24, 2.45) is 0 Å². The van der Waals surface area contributed by atoms with Crippen LogP contribution in [0.15, 0.2) is 23.0 Å². The van der Waals surface area contributed by atoms with Gasteiger partial charge in [-0.1, -0.05) is 11.6 Å². The number of hydrogen-bond acceptors (Lipinski definition) is 5. The number of nitrogens with zero attached hydrogens (tertiary/aromatic N) is 2. The monoisotopic (exact) mass is 313 g/mol. The smallest absolute Gasteiger partial charge is 0.299 e. The fourth-order valence-corrected chi connectivity index (χ4v) is 2.86. The Morgan fingerprint density at radius 1 is 1.50 bits per heavy atom. The van der Waals surface area contributed by atoms with Gasteiger partial charge >= 0.3 is 0 Å². The molecule has 0 spiro atoms. The van der Waals surface area contributed by atoms with Gasteiger partial charge in [0.05, 0.1) is 11.4 Å². The zero-order valence-corrected chi connectivity index (χ0v) is 12.9. The topological polar surface area (TPSA) is 56.1 Å². The SMILES string of the molecule is COc1nc(C)cc(=O)n1CCNCc1ccc(Cl)s1. The highest BCUT2D eigenvalue weighted by molar-refractivity contribution is 7.16. The molecule has 20 heavy (non-hydrogen) atoms. The average Bonchev–Trinajstić information content (AvgIpc) is 2.81. The third-order valence-electron chi connectivity index (χ3n) is 2.72. The summed E-state index contributed by atoms with van der Waals surface area (Å²) in [5.74, 6) is 0. The third-order valence-corrected chi connectivity index (χ3v) is 3.96. The summed E-state index contributed by atoms with van der Waals surface area (Å²) in [6.07, 6.45) is 0. The van der Waals surface area contributed by atoms with Gasteiger partial charge in [0.2, 0.25) is 0 Å². The number of aryl methyl sites for hydroxylation is 1. The van der Waals surface area contributed by atoms with Crippen LogP contribution in [-0.2, 0) is 13.1 Å². The van der Waals surface area contributed by atoms with Crippen molar-refractivity contribution in [2.75, 3.05) is 13.7 Å². The Balaban J connectivity index is 1.92. The molecule has 0 radical (unpaired) electrons. The number of halogens is 1. The maximum atomic E-state index is 11.9. The van der Waals surface area contributed by atoms with Crippen LogP contribution in [-0.4, -0.2) is 23.2 Å². The highest BCUT2D eigenvalue weighted by Gasteiger charge is 2.06. The fourth-order valence-electron chi connectivity index (χ4n) is 1.81. The highest BCUT2D eigenvalue weighted by atomic mass is 35.5. The second-order valence-electron chi connectivity index (χ2n) is 4.26. The van der Waals surface area contributed by atoms with Crippen LogP contribution in [0, 0.1) is 6.92 Å². The van der Waals surface area contributed by atoms with Crippen LogP contribution in [0.1, 0.15) is 10.6 Å². The maximum absolute atomic E-state index is 11.9. The molecule has 0 aromatic carbocycles. The van der Waals surface area contributed by atoms with Crippen molar-refractivity contribution in [3.63, 3.8) is 0 Å². The van der Waals surface area contributed by atoms with Crippen LogP contribution in [0.25, 0.3) is 0 Å². The molecule has 7 heteroatoms. The van der Waals surface area contributed by atoms with Crippen LogP contribution < -0.4 is 15.6 Å². The molecule has 0 bridgehead atoms. The maximum Gasteiger partial charge on any atom is 0.299 e. The third kappa shape index (κ3) is 3.82. The predicted octanol–water partition coefficient (Wildman–Crippen LogP) is 2.07. The van der Waals surface area contributed by atoms with Crippen LogP contribution >= 0.6 is 22.9 Å². The first-order valence-corrected chi connectivity index (χ1v) is 7.37. The van der Waals surface area contributed by atoms with Gasteiger partial charge in [-0.05, 0) is 19.1 Å². The summed E-state index contributed by atoms with van der Waals surface area (Å²) in [5.41, 5.74) is 0.555. The number of methoxy groups -OCH3 is 1. The lowest BCUT2D eigenvalue weighted by Gasteiger charge is -2.11. The van der Waals surface area contributed by atoms with E-state index in [0.29, 0.717) is 24.8 Å². The Bertz CT molecular complexity index is 639. The van der Waals surface area contributed by atoms with Gasteiger partial charge in [-0.15, -0.1) is 11.3 Å².